The van der Waals surface area contributed by atoms with Crippen molar-refractivity contribution in [1.82, 2.24) is 10.2 Å². The van der Waals surface area contributed by atoms with Gasteiger partial charge in [-0.25, -0.2) is 0 Å². The molecule has 0 bridgehead atoms. The van der Waals surface area contributed by atoms with Crippen LogP contribution in [-0.2, 0) is 13.1 Å². The van der Waals surface area contributed by atoms with Crippen molar-refractivity contribution in [3.8, 4) is 0 Å². The van der Waals surface area contributed by atoms with Gasteiger partial charge in [0.05, 0.1) is 0 Å². The van der Waals surface area contributed by atoms with E-state index in [0.717, 1.165) is 25.6 Å². The fraction of sp³-hybridized carbons (Fsp3) is 0.778. The number of nitrogens with zero attached hydrogens (tertiary/aromatic N) is 1. The van der Waals surface area contributed by atoms with Gasteiger partial charge in [0.1, 0.15) is 0 Å². The van der Waals surface area contributed by atoms with Crippen molar-refractivity contribution in [2.75, 3.05) is 19.6 Å². The molecule has 0 unspecified atom stereocenters. The molecular weight excluding hydrogens is 276 g/mol. The van der Waals surface area contributed by atoms with Crippen molar-refractivity contribution in [3.63, 3.8) is 0 Å². The summed E-state index contributed by atoms with van der Waals surface area (Å²) in [7, 11) is 0. The van der Waals surface area contributed by atoms with Crippen LogP contribution in [0.2, 0.25) is 0 Å². The predicted octanol–water partition coefficient (Wildman–Crippen LogP) is 4.42. The minimum absolute atomic E-state index is 0.476. The molecule has 1 N–H and O–H groups in total. The molecule has 1 saturated heterocycles. The fourth-order valence-corrected chi connectivity index (χ4v) is 4.30. The third-order valence-corrected chi connectivity index (χ3v) is 5.92. The lowest BCUT2D eigenvalue weighted by Crippen LogP contribution is -2.37. The van der Waals surface area contributed by atoms with Crippen molar-refractivity contribution in [1.29, 1.82) is 0 Å². The summed E-state index contributed by atoms with van der Waals surface area (Å²) in [4.78, 5) is 5.63. The van der Waals surface area contributed by atoms with Crippen LogP contribution in [0.1, 0.15) is 55.9 Å². The van der Waals surface area contributed by atoms with Gasteiger partial charge in [-0.3, -0.25) is 4.90 Å². The second kappa shape index (κ2) is 7.26. The van der Waals surface area contributed by atoms with Crippen LogP contribution in [-0.4, -0.2) is 24.5 Å². The number of nitrogens with one attached hydrogen (secondary N) is 1. The Kier molecular flexibility index (Phi) is 5.87. The molecule has 0 radical (unpaired) electrons. The normalized spacial score (nSPS) is 18.3. The van der Waals surface area contributed by atoms with Gasteiger partial charge in [-0.15, -0.1) is 11.3 Å². The molecule has 1 aromatic rings. The molecule has 1 aromatic heterocycles. The molecule has 0 saturated carbocycles. The molecular formula is C18H32N2S. The zero-order chi connectivity index (χ0) is 15.5. The zero-order valence-corrected chi connectivity index (χ0v) is 15.3. The van der Waals surface area contributed by atoms with Gasteiger partial charge in [0.15, 0.2) is 0 Å². The molecule has 0 aliphatic carbocycles. The molecule has 3 heteroatoms. The number of likely N-dealkylation sites (tertiary alicyclic amines) is 1. The molecule has 2 rings (SSSR count). The molecule has 0 spiro atoms. The lowest BCUT2D eigenvalue weighted by Gasteiger charge is -2.38. The van der Waals surface area contributed by atoms with E-state index in [0.29, 0.717) is 5.41 Å². The highest BCUT2D eigenvalue weighted by molar-refractivity contribution is 7.12. The third kappa shape index (κ3) is 4.80. The summed E-state index contributed by atoms with van der Waals surface area (Å²) in [6.45, 7) is 17.4. The van der Waals surface area contributed by atoms with E-state index in [2.05, 4.69) is 50.9 Å². The first-order valence-electron chi connectivity index (χ1n) is 8.41. The summed E-state index contributed by atoms with van der Waals surface area (Å²) >= 11 is 1.96. The minimum atomic E-state index is 0.476. The van der Waals surface area contributed by atoms with Gasteiger partial charge in [0.25, 0.3) is 0 Å². The SMILES string of the molecule is CCNCc1cc(CN2CCC(C(C)(C)C)CC2)c(C)s1. The van der Waals surface area contributed by atoms with E-state index in [4.69, 9.17) is 0 Å². The molecule has 21 heavy (non-hydrogen) atoms. The van der Waals surface area contributed by atoms with Gasteiger partial charge < -0.3 is 5.32 Å². The van der Waals surface area contributed by atoms with Crippen LogP contribution in [0.25, 0.3) is 0 Å². The van der Waals surface area contributed by atoms with Crippen molar-refractivity contribution >= 4 is 11.3 Å². The van der Waals surface area contributed by atoms with E-state index in [1.54, 1.807) is 5.56 Å². The van der Waals surface area contributed by atoms with Crippen LogP contribution in [0.3, 0.4) is 0 Å². The zero-order valence-electron chi connectivity index (χ0n) is 14.5. The fourth-order valence-electron chi connectivity index (χ4n) is 3.28. The summed E-state index contributed by atoms with van der Waals surface area (Å²) in [5.41, 5.74) is 2.02. The Labute approximate surface area is 134 Å². The van der Waals surface area contributed by atoms with Crippen molar-refractivity contribution in [3.05, 3.63) is 21.4 Å². The monoisotopic (exact) mass is 308 g/mol. The van der Waals surface area contributed by atoms with Gasteiger partial charge in [0, 0.05) is 22.8 Å². The first kappa shape index (κ1) is 17.0. The number of rotatable bonds is 5. The van der Waals surface area contributed by atoms with E-state index in [1.807, 2.05) is 11.3 Å². The van der Waals surface area contributed by atoms with E-state index < -0.39 is 0 Å². The smallest absolute Gasteiger partial charge is 0.0299 e. The van der Waals surface area contributed by atoms with Gasteiger partial charge in [-0.05, 0) is 62.4 Å². The van der Waals surface area contributed by atoms with Gasteiger partial charge >= 0.3 is 0 Å². The quantitative estimate of drug-likeness (QED) is 0.866. The average Bonchev–Trinajstić information content (AvgIpc) is 2.76. The Balaban J connectivity index is 1.87. The second-order valence-corrected chi connectivity index (χ2v) is 8.83. The third-order valence-electron chi connectivity index (χ3n) is 4.83. The highest BCUT2D eigenvalue weighted by Crippen LogP contribution is 2.35. The Morgan fingerprint density at radius 3 is 2.52 bits per heavy atom. The summed E-state index contributed by atoms with van der Waals surface area (Å²) < 4.78 is 0. The molecule has 1 fully saturated rings. The van der Waals surface area contributed by atoms with Crippen LogP contribution in [0, 0.1) is 18.3 Å². The lowest BCUT2D eigenvalue weighted by atomic mass is 9.75. The standard InChI is InChI=1S/C18H32N2S/c1-6-19-12-17-11-15(14(2)21-17)13-20-9-7-16(8-10-20)18(3,4)5/h11,16,19H,6-10,12-13H2,1-5H3. The van der Waals surface area contributed by atoms with E-state index in [9.17, 15) is 0 Å². The van der Waals surface area contributed by atoms with Gasteiger partial charge in [-0.2, -0.15) is 0 Å². The maximum absolute atomic E-state index is 3.43. The second-order valence-electron chi connectivity index (χ2n) is 7.49. The summed E-state index contributed by atoms with van der Waals surface area (Å²) in [5, 5.41) is 3.43. The topological polar surface area (TPSA) is 15.3 Å². The molecule has 0 atom stereocenters. The van der Waals surface area contributed by atoms with Crippen LogP contribution < -0.4 is 5.32 Å². The Morgan fingerprint density at radius 2 is 1.95 bits per heavy atom. The lowest BCUT2D eigenvalue weighted by molar-refractivity contribution is 0.108. The predicted molar refractivity (Wildman–Crippen MR) is 93.9 cm³/mol. The van der Waals surface area contributed by atoms with Gasteiger partial charge in [-0.1, -0.05) is 27.7 Å². The Hall–Kier alpha value is -0.380. The van der Waals surface area contributed by atoms with Gasteiger partial charge in [0.2, 0.25) is 0 Å². The minimum Gasteiger partial charge on any atom is -0.312 e. The Morgan fingerprint density at radius 1 is 1.29 bits per heavy atom. The van der Waals surface area contributed by atoms with E-state index >= 15 is 0 Å². The molecule has 0 amide bonds. The van der Waals surface area contributed by atoms with Crippen molar-refractivity contribution in [2.45, 2.75) is 60.5 Å². The molecule has 2 nitrogen and oxygen atoms in total. The molecule has 1 aliphatic heterocycles. The molecule has 120 valence electrons. The number of hydrogen-bond donors (Lipinski definition) is 1. The number of hydrogen-bond acceptors (Lipinski definition) is 3. The molecule has 1 aliphatic rings. The van der Waals surface area contributed by atoms with Crippen LogP contribution in [0.5, 0.6) is 0 Å². The number of piperidine rings is 1. The maximum Gasteiger partial charge on any atom is 0.0299 e. The van der Waals surface area contributed by atoms with Crippen LogP contribution >= 0.6 is 11.3 Å². The number of aryl methyl sites for hydroxylation is 1. The highest BCUT2D eigenvalue weighted by Gasteiger charge is 2.28. The summed E-state index contributed by atoms with van der Waals surface area (Å²) in [6.07, 6.45) is 2.72. The van der Waals surface area contributed by atoms with Crippen molar-refractivity contribution in [2.24, 2.45) is 11.3 Å². The number of thiophene rings is 1. The molecule has 0 aromatic carbocycles. The van der Waals surface area contributed by atoms with Crippen LogP contribution in [0.15, 0.2) is 6.07 Å². The van der Waals surface area contributed by atoms with E-state index in [1.165, 1.54) is 35.7 Å². The average molecular weight is 309 g/mol. The van der Waals surface area contributed by atoms with Crippen LogP contribution in [0.4, 0.5) is 0 Å². The van der Waals surface area contributed by atoms with E-state index in [-0.39, 0.29) is 0 Å². The summed E-state index contributed by atoms with van der Waals surface area (Å²) in [5.74, 6) is 0.890. The summed E-state index contributed by atoms with van der Waals surface area (Å²) in [6, 6.07) is 2.42. The molecule has 2 heterocycles. The largest absolute Gasteiger partial charge is 0.312 e. The van der Waals surface area contributed by atoms with Crippen molar-refractivity contribution < 1.29 is 0 Å². The Bertz CT molecular complexity index is 437. The first-order valence-corrected chi connectivity index (χ1v) is 9.23. The first-order chi connectivity index (χ1) is 9.90. The maximum atomic E-state index is 3.43. The highest BCUT2D eigenvalue weighted by atomic mass is 32.1.